The van der Waals surface area contributed by atoms with Gasteiger partial charge < -0.3 is 19.5 Å². The predicted molar refractivity (Wildman–Crippen MR) is 111 cm³/mol. The fourth-order valence-electron chi connectivity index (χ4n) is 4.81. The zero-order chi connectivity index (χ0) is 21.0. The second kappa shape index (κ2) is 6.76. The number of nitrogens with zero attached hydrogens (tertiary/aromatic N) is 1. The lowest BCUT2D eigenvalue weighted by molar-refractivity contribution is -0.130. The number of Topliss-reactive ketones (excluding diaryl/α,β-unsaturated/α-hetero) is 1. The van der Waals surface area contributed by atoms with E-state index in [0.29, 0.717) is 18.4 Å². The number of phenols is 1. The molecule has 1 N–H and O–H groups in total. The van der Waals surface area contributed by atoms with Gasteiger partial charge >= 0.3 is 0 Å². The van der Waals surface area contributed by atoms with Crippen LogP contribution in [0.5, 0.6) is 17.2 Å². The summed E-state index contributed by atoms with van der Waals surface area (Å²) in [7, 11) is 2.94. The molecule has 5 rings (SSSR count). The van der Waals surface area contributed by atoms with Crippen LogP contribution in [-0.2, 0) is 4.79 Å². The predicted octanol–water partition coefficient (Wildman–Crippen LogP) is 3.84. The SMILES string of the molecule is COc1cc([C@@H]2c3c(ccc4ccccc34)C(=O)[C@H]3CCC(=O)N23)cc(OC)c1O. The molecule has 3 aromatic carbocycles. The molecular formula is C24H21NO5. The molecule has 2 atom stereocenters. The molecule has 2 heterocycles. The van der Waals surface area contributed by atoms with Crippen LogP contribution in [-0.4, -0.2) is 42.0 Å². The number of fused-ring (bicyclic) bond motifs is 4. The number of carbonyl (C=O) groups is 2. The highest BCUT2D eigenvalue weighted by molar-refractivity contribution is 6.10. The first kappa shape index (κ1) is 18.5. The van der Waals surface area contributed by atoms with Crippen molar-refractivity contribution < 1.29 is 24.2 Å². The lowest BCUT2D eigenvalue weighted by Crippen LogP contribution is -2.46. The first-order valence-corrected chi connectivity index (χ1v) is 9.87. The van der Waals surface area contributed by atoms with Gasteiger partial charge in [0.25, 0.3) is 0 Å². The van der Waals surface area contributed by atoms with E-state index in [1.165, 1.54) is 14.2 Å². The first-order chi connectivity index (χ1) is 14.5. The quantitative estimate of drug-likeness (QED) is 0.719. The van der Waals surface area contributed by atoms with E-state index < -0.39 is 12.1 Å². The summed E-state index contributed by atoms with van der Waals surface area (Å²) in [5.41, 5.74) is 2.17. The minimum absolute atomic E-state index is 0.0180. The molecule has 3 aromatic rings. The lowest BCUT2D eigenvalue weighted by Gasteiger charge is -2.39. The maximum absolute atomic E-state index is 13.3. The second-order valence-corrected chi connectivity index (χ2v) is 7.64. The van der Waals surface area contributed by atoms with Crippen molar-refractivity contribution in [3.05, 3.63) is 65.2 Å². The topological polar surface area (TPSA) is 76.1 Å². The van der Waals surface area contributed by atoms with Crippen LogP contribution in [0.1, 0.15) is 40.4 Å². The molecule has 0 aromatic heterocycles. The Hall–Kier alpha value is -3.54. The highest BCUT2D eigenvalue weighted by Crippen LogP contribution is 2.48. The summed E-state index contributed by atoms with van der Waals surface area (Å²) in [6.07, 6.45) is 0.845. The third kappa shape index (κ3) is 2.49. The van der Waals surface area contributed by atoms with E-state index in [9.17, 15) is 14.7 Å². The molecule has 0 radical (unpaired) electrons. The number of aromatic hydroxyl groups is 1. The number of methoxy groups -OCH3 is 2. The minimum Gasteiger partial charge on any atom is -0.502 e. The number of carbonyl (C=O) groups excluding carboxylic acids is 2. The normalized spacial score (nSPS) is 20.3. The second-order valence-electron chi connectivity index (χ2n) is 7.64. The lowest BCUT2D eigenvalue weighted by atomic mass is 9.81. The molecule has 0 saturated carbocycles. The molecule has 1 amide bonds. The Labute approximate surface area is 173 Å². The highest BCUT2D eigenvalue weighted by Gasteiger charge is 2.47. The summed E-state index contributed by atoms with van der Waals surface area (Å²) in [5, 5.41) is 12.3. The van der Waals surface area contributed by atoms with Gasteiger partial charge in [0.1, 0.15) is 0 Å². The Balaban J connectivity index is 1.85. The highest BCUT2D eigenvalue weighted by atomic mass is 16.5. The Morgan fingerprint density at radius 1 is 1.00 bits per heavy atom. The molecule has 0 bridgehead atoms. The number of ether oxygens (including phenoxy) is 2. The number of benzene rings is 3. The van der Waals surface area contributed by atoms with Crippen molar-refractivity contribution in [2.24, 2.45) is 0 Å². The molecule has 6 heteroatoms. The van der Waals surface area contributed by atoms with Crippen LogP contribution in [0.4, 0.5) is 0 Å². The molecule has 1 fully saturated rings. The molecule has 0 spiro atoms. The van der Waals surface area contributed by atoms with E-state index in [0.717, 1.165) is 21.9 Å². The molecule has 2 aliphatic heterocycles. The largest absolute Gasteiger partial charge is 0.502 e. The van der Waals surface area contributed by atoms with Gasteiger partial charge in [0.2, 0.25) is 11.7 Å². The van der Waals surface area contributed by atoms with Crippen LogP contribution in [0.15, 0.2) is 48.5 Å². The van der Waals surface area contributed by atoms with Crippen molar-refractivity contribution >= 4 is 22.5 Å². The first-order valence-electron chi connectivity index (χ1n) is 9.87. The number of phenolic OH excluding ortho intramolecular Hbond substituents is 1. The molecule has 1 saturated heterocycles. The number of amides is 1. The van der Waals surface area contributed by atoms with Crippen LogP contribution in [0.25, 0.3) is 10.8 Å². The Kier molecular flexibility index (Phi) is 4.17. The molecule has 0 unspecified atom stereocenters. The van der Waals surface area contributed by atoms with Crippen molar-refractivity contribution in [2.45, 2.75) is 24.9 Å². The van der Waals surface area contributed by atoms with Crippen molar-refractivity contribution in [1.29, 1.82) is 0 Å². The summed E-state index contributed by atoms with van der Waals surface area (Å²) in [4.78, 5) is 27.9. The maximum atomic E-state index is 13.3. The van der Waals surface area contributed by atoms with Gasteiger partial charge in [0, 0.05) is 12.0 Å². The Morgan fingerprint density at radius 2 is 1.70 bits per heavy atom. The standard InChI is InChI=1S/C24H21NO5/c1-29-18-11-14(12-19(30-2)24(18)28)22-21-15-6-4-3-5-13(15)7-8-16(21)23(27)17-9-10-20(26)25(17)22/h3-8,11-12,17,22,28H,9-10H2,1-2H3/t17-,22-/m1/s1. The summed E-state index contributed by atoms with van der Waals surface area (Å²) in [6.45, 7) is 0. The summed E-state index contributed by atoms with van der Waals surface area (Å²) >= 11 is 0. The van der Waals surface area contributed by atoms with Crippen LogP contribution in [0.3, 0.4) is 0 Å². The van der Waals surface area contributed by atoms with E-state index in [1.807, 2.05) is 36.4 Å². The fraction of sp³-hybridized carbons (Fsp3) is 0.250. The van der Waals surface area contributed by atoms with Crippen LogP contribution >= 0.6 is 0 Å². The van der Waals surface area contributed by atoms with Gasteiger partial charge in [0.05, 0.1) is 26.3 Å². The van der Waals surface area contributed by atoms with E-state index in [1.54, 1.807) is 17.0 Å². The third-order valence-electron chi connectivity index (χ3n) is 6.16. The summed E-state index contributed by atoms with van der Waals surface area (Å²) in [5.74, 6) is 0.342. The van der Waals surface area contributed by atoms with Crippen molar-refractivity contribution in [3.8, 4) is 17.2 Å². The fourth-order valence-corrected chi connectivity index (χ4v) is 4.81. The Morgan fingerprint density at radius 3 is 2.40 bits per heavy atom. The van der Waals surface area contributed by atoms with Crippen molar-refractivity contribution in [2.75, 3.05) is 14.2 Å². The molecule has 2 aliphatic rings. The smallest absolute Gasteiger partial charge is 0.224 e. The minimum atomic E-state index is -0.484. The Bertz CT molecular complexity index is 1180. The maximum Gasteiger partial charge on any atom is 0.224 e. The molecule has 0 aliphatic carbocycles. The van der Waals surface area contributed by atoms with E-state index >= 15 is 0 Å². The molecule has 152 valence electrons. The van der Waals surface area contributed by atoms with Crippen LogP contribution < -0.4 is 9.47 Å². The zero-order valence-corrected chi connectivity index (χ0v) is 16.7. The van der Waals surface area contributed by atoms with Crippen molar-refractivity contribution in [1.82, 2.24) is 4.90 Å². The molecule has 30 heavy (non-hydrogen) atoms. The van der Waals surface area contributed by atoms with E-state index in [2.05, 4.69) is 0 Å². The number of hydrogen-bond donors (Lipinski definition) is 1. The third-order valence-corrected chi connectivity index (χ3v) is 6.16. The molecule has 6 nitrogen and oxygen atoms in total. The van der Waals surface area contributed by atoms with E-state index in [4.69, 9.17) is 9.47 Å². The van der Waals surface area contributed by atoms with Gasteiger partial charge in [-0.25, -0.2) is 0 Å². The average Bonchev–Trinajstić information content (AvgIpc) is 3.16. The number of hydrogen-bond acceptors (Lipinski definition) is 5. The number of ketones is 1. The monoisotopic (exact) mass is 403 g/mol. The van der Waals surface area contributed by atoms with Crippen molar-refractivity contribution in [3.63, 3.8) is 0 Å². The van der Waals surface area contributed by atoms with Crippen LogP contribution in [0.2, 0.25) is 0 Å². The number of rotatable bonds is 3. The van der Waals surface area contributed by atoms with Gasteiger partial charge in [-0.1, -0.05) is 36.4 Å². The van der Waals surface area contributed by atoms with Gasteiger partial charge in [-0.3, -0.25) is 9.59 Å². The van der Waals surface area contributed by atoms with Gasteiger partial charge in [-0.15, -0.1) is 0 Å². The van der Waals surface area contributed by atoms with Gasteiger partial charge in [-0.2, -0.15) is 0 Å². The van der Waals surface area contributed by atoms with Crippen LogP contribution in [0, 0.1) is 0 Å². The zero-order valence-electron chi connectivity index (χ0n) is 16.7. The van der Waals surface area contributed by atoms with Gasteiger partial charge in [0.15, 0.2) is 17.3 Å². The van der Waals surface area contributed by atoms with E-state index in [-0.39, 0.29) is 28.9 Å². The van der Waals surface area contributed by atoms with Gasteiger partial charge in [-0.05, 0) is 40.5 Å². The summed E-state index contributed by atoms with van der Waals surface area (Å²) < 4.78 is 10.7. The summed E-state index contributed by atoms with van der Waals surface area (Å²) in [6, 6.07) is 14.1. The average molecular weight is 403 g/mol. The molecular weight excluding hydrogens is 382 g/mol.